The Labute approximate surface area is 681 Å². The zero-order valence-corrected chi connectivity index (χ0v) is 71.3. The van der Waals surface area contributed by atoms with Gasteiger partial charge in [-0.05, 0) is 222 Å². The van der Waals surface area contributed by atoms with E-state index < -0.39 is 5.97 Å². The Morgan fingerprint density at radius 2 is 0.746 bits per heavy atom. The molecule has 10 aromatic rings. The number of anilines is 3. The first kappa shape index (κ1) is 80.6. The van der Waals surface area contributed by atoms with E-state index in [1.165, 1.54) is 169 Å². The molecule has 0 saturated carbocycles. The summed E-state index contributed by atoms with van der Waals surface area (Å²) in [5, 5.41) is 9.96. The highest BCUT2D eigenvalue weighted by atomic mass is 16.4. The highest BCUT2D eigenvalue weighted by molar-refractivity contribution is 6.01. The summed E-state index contributed by atoms with van der Waals surface area (Å²) in [5.74, 6) is 6.14. The molecule has 588 valence electrons. The maximum Gasteiger partial charge on any atom is 0.335 e. The lowest BCUT2D eigenvalue weighted by atomic mass is 9.70. The van der Waals surface area contributed by atoms with Crippen molar-refractivity contribution in [2.24, 2.45) is 0 Å². The third kappa shape index (κ3) is 16.2. The zero-order valence-electron chi connectivity index (χ0n) is 71.3. The summed E-state index contributed by atoms with van der Waals surface area (Å²) in [7, 11) is 0. The van der Waals surface area contributed by atoms with E-state index in [9.17, 15) is 9.90 Å². The van der Waals surface area contributed by atoms with Gasteiger partial charge in [-0.3, -0.25) is 0 Å². The monoisotopic (exact) mass is 1510 g/mol. The van der Waals surface area contributed by atoms with Crippen LogP contribution in [-0.4, -0.2) is 31.0 Å². The maximum atomic E-state index is 12.2. The predicted molar refractivity (Wildman–Crippen MR) is 486 cm³/mol. The molecule has 14 rings (SSSR count). The van der Waals surface area contributed by atoms with Crippen LogP contribution < -0.4 is 4.90 Å². The smallest absolute Gasteiger partial charge is 0.335 e. The van der Waals surface area contributed by atoms with Crippen molar-refractivity contribution in [3.05, 3.63) is 254 Å². The molecule has 7 nitrogen and oxygen atoms in total. The van der Waals surface area contributed by atoms with Crippen LogP contribution in [0.15, 0.2) is 170 Å². The minimum Gasteiger partial charge on any atom is -0.478 e. The average Bonchev–Trinajstić information content (AvgIpc) is 1.56. The van der Waals surface area contributed by atoms with Gasteiger partial charge in [0.1, 0.15) is 0 Å². The van der Waals surface area contributed by atoms with Crippen molar-refractivity contribution in [3.8, 4) is 56.3 Å². The van der Waals surface area contributed by atoms with Crippen LogP contribution in [-0.2, 0) is 32.5 Å². The summed E-state index contributed by atoms with van der Waals surface area (Å²) in [6.45, 7) is 37.2. The van der Waals surface area contributed by atoms with Crippen LogP contribution in [0.3, 0.4) is 0 Å². The molecule has 4 aliphatic rings. The summed E-state index contributed by atoms with van der Waals surface area (Å²) in [5.41, 5.74) is 30.8. The number of benzene rings is 7. The molecule has 0 unspecified atom stereocenters. The molecule has 3 aromatic heterocycles. The average molecular weight is 1510 g/mol. The number of carboxylic acids is 1. The molecule has 0 amide bonds. The fraction of sp³-hybridized carbons (Fsp3) is 0.393. The van der Waals surface area contributed by atoms with E-state index in [4.69, 9.17) is 9.97 Å². The van der Waals surface area contributed by atoms with Crippen molar-refractivity contribution in [2.45, 2.75) is 272 Å². The molecule has 0 saturated heterocycles. The van der Waals surface area contributed by atoms with Crippen molar-refractivity contribution in [1.29, 1.82) is 0 Å². The van der Waals surface area contributed by atoms with Crippen molar-refractivity contribution in [3.63, 3.8) is 0 Å². The first-order chi connectivity index (χ1) is 54.7. The van der Waals surface area contributed by atoms with Crippen LogP contribution in [0, 0.1) is 11.8 Å². The van der Waals surface area contributed by atoms with Crippen LogP contribution in [0.25, 0.3) is 90.9 Å². The first-order valence-corrected chi connectivity index (χ1v) is 43.3. The van der Waals surface area contributed by atoms with Crippen molar-refractivity contribution < 1.29 is 9.90 Å². The number of carboxylic acid groups (broad SMARTS) is 1. The normalized spacial score (nSPS) is 13.9. The lowest BCUT2D eigenvalue weighted by molar-refractivity contribution is 0.0696. The fourth-order valence-electron chi connectivity index (χ4n) is 18.6. The van der Waals surface area contributed by atoms with Gasteiger partial charge in [-0.2, -0.15) is 0 Å². The number of hydrogen-bond donors (Lipinski definition) is 3. The van der Waals surface area contributed by atoms with Crippen LogP contribution in [0.1, 0.15) is 328 Å². The number of aromatic carboxylic acids is 1. The molecule has 7 heteroatoms. The number of fused-ring (bicyclic) bond motifs is 14. The van der Waals surface area contributed by atoms with Gasteiger partial charge >= 0.3 is 5.97 Å². The summed E-state index contributed by atoms with van der Waals surface area (Å²) in [6, 6.07) is 64.4. The molecule has 2 aliphatic carbocycles. The van der Waals surface area contributed by atoms with Gasteiger partial charge < -0.3 is 20.0 Å². The van der Waals surface area contributed by atoms with E-state index in [1.807, 2.05) is 0 Å². The van der Waals surface area contributed by atoms with E-state index in [0.717, 1.165) is 104 Å². The number of unbranched alkanes of at least 4 members (excludes halogenated alkanes) is 12. The molecule has 0 atom stereocenters. The Morgan fingerprint density at radius 1 is 0.377 bits per heavy atom. The second kappa shape index (κ2) is 33.1. The van der Waals surface area contributed by atoms with Crippen LogP contribution in [0.2, 0.25) is 0 Å². The van der Waals surface area contributed by atoms with Gasteiger partial charge in [-0.25, -0.2) is 14.8 Å². The highest BCUT2D eigenvalue weighted by Crippen LogP contribution is 2.59. The van der Waals surface area contributed by atoms with Gasteiger partial charge in [0.15, 0.2) is 0 Å². The molecule has 0 fully saturated rings. The Hall–Kier alpha value is -10.0. The van der Waals surface area contributed by atoms with Crippen molar-refractivity contribution in [1.82, 2.24) is 19.9 Å². The third-order valence-corrected chi connectivity index (χ3v) is 25.2. The quantitative estimate of drug-likeness (QED) is 0.0371. The molecule has 7 aromatic carbocycles. The number of aromatic nitrogens is 4. The summed E-state index contributed by atoms with van der Waals surface area (Å²) in [4.78, 5) is 35.2. The van der Waals surface area contributed by atoms with Gasteiger partial charge in [0, 0.05) is 49.9 Å². The molecule has 5 heterocycles. The second-order valence-corrected chi connectivity index (χ2v) is 37.5. The number of rotatable bonds is 26. The highest BCUT2D eigenvalue weighted by Gasteiger charge is 2.45. The number of hydrogen-bond acceptors (Lipinski definition) is 4. The van der Waals surface area contributed by atoms with E-state index in [1.54, 1.807) is 24.3 Å². The molecule has 114 heavy (non-hydrogen) atoms. The molecule has 0 radical (unpaired) electrons. The number of carbonyl (C=O) groups is 1. The number of aromatic amines is 2. The molecule has 3 N–H and O–H groups in total. The molecule has 8 bridgehead atoms. The minimum atomic E-state index is -0.979. The van der Waals surface area contributed by atoms with Gasteiger partial charge in [0.25, 0.3) is 0 Å². The Kier molecular flexibility index (Phi) is 23.4. The van der Waals surface area contributed by atoms with Crippen LogP contribution in [0.5, 0.6) is 0 Å². The SMILES string of the molecule is CCCCCCC1(CCCCCC)c2ccccc2-c2ccc(N(c3ccc4c(c3)C(CCCCCC)(CCCCCC)c3ccccc3-4)c3c4nc(c(-c5cc(C(C)(C)C)cc(C(C)(C)C)c5)c5ccc([nH]5)c(C#Cc5ccc(C(=O)O)cc5)c5nc(c(-c6cc(C(C)(C)C)cc(C(C)(C)C)c6)c6ccc3[nH]6)C=C5)C=C4)cc21. The van der Waals surface area contributed by atoms with Crippen LogP contribution in [0.4, 0.5) is 17.1 Å². The standard InChI is InChI=1S/C107H123N5O2/c1-17-21-25-33-59-106(60-34-26-22-18-2)86-39-31-29-37-81(86)83-49-46-79(69-88(83)106)112(80-47-50-84-82-38-30-32-40-87(82)107(89(84)70-80,61-35-27-23-19-3)62-36-28-24-20-4)100-96-57-55-94(110-96)98(73-63-75(102(5,6)7)67-76(64-73)103(8,9)10)92-53-51-90(108-92)85(48-43-71-41-44-72(45-42-71)101(113)114)91-52-54-93(109-91)99(95-56-58-97(100)111-95)74-65-77(104(11,12)13)68-78(66-74)105(14,15)16/h29-32,37-42,44-47,49-58,63-70,108,111H,17-28,33-36,59-62H2,1-16H3,(H,113,114). The number of nitrogens with zero attached hydrogens (tertiary/aromatic N) is 3. The van der Waals surface area contributed by atoms with E-state index >= 15 is 0 Å². The maximum absolute atomic E-state index is 12.2. The minimum absolute atomic E-state index is 0.189. The van der Waals surface area contributed by atoms with E-state index in [-0.39, 0.29) is 38.1 Å². The lowest BCUT2D eigenvalue weighted by Gasteiger charge is -2.35. The lowest BCUT2D eigenvalue weighted by Crippen LogP contribution is -2.26. The summed E-state index contributed by atoms with van der Waals surface area (Å²) >= 11 is 0. The first-order valence-electron chi connectivity index (χ1n) is 43.3. The van der Waals surface area contributed by atoms with Gasteiger partial charge in [0.05, 0.1) is 50.6 Å². The third-order valence-electron chi connectivity index (χ3n) is 25.2. The van der Waals surface area contributed by atoms with Gasteiger partial charge in [-0.15, -0.1) is 0 Å². The van der Waals surface area contributed by atoms with E-state index in [2.05, 4.69) is 307 Å². The summed E-state index contributed by atoms with van der Waals surface area (Å²) in [6.07, 6.45) is 32.5. The fourth-order valence-corrected chi connectivity index (χ4v) is 18.6. The Bertz CT molecular complexity index is 5260. The molecule has 0 spiro atoms. The van der Waals surface area contributed by atoms with Gasteiger partial charge in [-0.1, -0.05) is 322 Å². The predicted octanol–water partition coefficient (Wildman–Crippen LogP) is 30.2. The summed E-state index contributed by atoms with van der Waals surface area (Å²) < 4.78 is 0. The van der Waals surface area contributed by atoms with Crippen molar-refractivity contribution in [2.75, 3.05) is 4.90 Å². The van der Waals surface area contributed by atoms with Crippen molar-refractivity contribution >= 4 is 69.4 Å². The number of nitrogens with one attached hydrogen (secondary N) is 2. The second-order valence-electron chi connectivity index (χ2n) is 37.5. The Morgan fingerprint density at radius 3 is 1.16 bits per heavy atom. The molecular formula is C107H123N5O2. The number of H-pyrrole nitrogens is 2. The van der Waals surface area contributed by atoms with Gasteiger partial charge in [0.2, 0.25) is 0 Å². The molecular weight excluding hydrogens is 1390 g/mol. The van der Waals surface area contributed by atoms with E-state index in [0.29, 0.717) is 16.8 Å². The largest absolute Gasteiger partial charge is 0.478 e. The topological polar surface area (TPSA) is 97.9 Å². The zero-order chi connectivity index (χ0) is 80.5. The van der Waals surface area contributed by atoms with Crippen LogP contribution >= 0.6 is 0 Å². The molecule has 2 aliphatic heterocycles. The Balaban J connectivity index is 1.16.